The molecule has 0 bridgehead atoms. The minimum atomic E-state index is 0.858. The topological polar surface area (TPSA) is 24.7 Å². The van der Waals surface area contributed by atoms with E-state index in [0.717, 1.165) is 74.2 Å². The number of nitrogens with zero attached hydrogens (tertiary/aromatic N) is 2. The van der Waals surface area contributed by atoms with Gasteiger partial charge >= 0.3 is 0 Å². The Morgan fingerprint density at radius 2 is 0.878 bits per heavy atom. The predicted molar refractivity (Wildman–Crippen MR) is 191 cm³/mol. The van der Waals surface area contributed by atoms with Gasteiger partial charge in [0, 0.05) is 36.1 Å². The van der Waals surface area contributed by atoms with E-state index in [9.17, 15) is 0 Å². The van der Waals surface area contributed by atoms with Gasteiger partial charge in [-0.2, -0.15) is 0 Å². The number of thioether (sulfide) groups is 2. The number of benzene rings is 5. The molecule has 1 heterocycles. The van der Waals surface area contributed by atoms with Gasteiger partial charge in [0.05, 0.1) is 11.4 Å². The fourth-order valence-electron chi connectivity index (χ4n) is 4.63. The minimum absolute atomic E-state index is 0.858. The van der Waals surface area contributed by atoms with Gasteiger partial charge in [0.1, 0.15) is 10.1 Å². The average molecular weight is 763 g/mol. The van der Waals surface area contributed by atoms with Crippen molar-refractivity contribution in [1.29, 1.82) is 0 Å². The Morgan fingerprint density at radius 3 is 1.34 bits per heavy atom. The summed E-state index contributed by atoms with van der Waals surface area (Å²) in [6.07, 6.45) is 0. The number of halogens is 3. The Morgan fingerprint density at radius 1 is 0.463 bits per heavy atom. The lowest BCUT2D eigenvalue weighted by molar-refractivity contribution is 1.45. The largest absolute Gasteiger partial charge is 0.238 e. The van der Waals surface area contributed by atoms with E-state index in [1.165, 1.54) is 5.56 Å². The maximum absolute atomic E-state index is 5.45. The van der Waals surface area contributed by atoms with Gasteiger partial charge in [-0.05, 0) is 78.4 Å². The average Bonchev–Trinajstić information content (AvgIpc) is 3.01. The van der Waals surface area contributed by atoms with Gasteiger partial charge in [0.15, 0.2) is 0 Å². The van der Waals surface area contributed by atoms with Crippen LogP contribution in [0, 0.1) is 0 Å². The van der Waals surface area contributed by atoms with E-state index in [2.05, 4.69) is 151 Å². The van der Waals surface area contributed by atoms with Crippen LogP contribution in [0.5, 0.6) is 0 Å². The molecule has 6 rings (SSSR count). The van der Waals surface area contributed by atoms with Gasteiger partial charge in [0.25, 0.3) is 0 Å². The third-order valence-corrected chi connectivity index (χ3v) is 10.5. The van der Waals surface area contributed by atoms with Gasteiger partial charge < -0.3 is 0 Å². The highest BCUT2D eigenvalue weighted by Gasteiger charge is 2.22. The molecule has 1 saturated heterocycles. The summed E-state index contributed by atoms with van der Waals surface area (Å²) in [5, 5.41) is 1.86. The van der Waals surface area contributed by atoms with Crippen LogP contribution in [0.4, 0.5) is 11.4 Å². The molecule has 5 aromatic carbocycles. The second-order valence-electron chi connectivity index (χ2n) is 9.27. The molecule has 0 unspecified atom stereocenters. The van der Waals surface area contributed by atoms with Crippen molar-refractivity contribution in [1.82, 2.24) is 0 Å². The zero-order valence-electron chi connectivity index (χ0n) is 21.7. The lowest BCUT2D eigenvalue weighted by atomic mass is 9.91. The Kier molecular flexibility index (Phi) is 9.28. The van der Waals surface area contributed by atoms with Gasteiger partial charge in [0.2, 0.25) is 0 Å². The molecular formula is C34H23Br3N2S2. The van der Waals surface area contributed by atoms with Gasteiger partial charge in [-0.1, -0.05) is 107 Å². The van der Waals surface area contributed by atoms with Crippen molar-refractivity contribution in [2.24, 2.45) is 9.98 Å². The first kappa shape index (κ1) is 28.7. The van der Waals surface area contributed by atoms with E-state index in [-0.39, 0.29) is 0 Å². The highest BCUT2D eigenvalue weighted by Crippen LogP contribution is 2.44. The van der Waals surface area contributed by atoms with E-state index in [1.807, 2.05) is 12.1 Å². The van der Waals surface area contributed by atoms with E-state index >= 15 is 0 Å². The molecule has 0 aromatic heterocycles. The molecule has 7 heteroatoms. The number of rotatable bonds is 5. The third-order valence-electron chi connectivity index (χ3n) is 6.54. The lowest BCUT2D eigenvalue weighted by Crippen LogP contribution is -2.14. The monoisotopic (exact) mass is 760 g/mol. The van der Waals surface area contributed by atoms with Gasteiger partial charge in [-0.25, -0.2) is 9.98 Å². The van der Waals surface area contributed by atoms with Gasteiger partial charge in [-0.15, -0.1) is 23.5 Å². The fraction of sp³-hybridized carbons (Fsp3) is 0.0588. The molecule has 5 aromatic rings. The molecule has 1 aliphatic rings. The number of aliphatic imine (C=N–C) groups is 2. The van der Waals surface area contributed by atoms with Crippen LogP contribution < -0.4 is 0 Å². The quantitative estimate of drug-likeness (QED) is 0.178. The van der Waals surface area contributed by atoms with Crippen LogP contribution in [0.15, 0.2) is 139 Å². The predicted octanol–water partition coefficient (Wildman–Crippen LogP) is 12.2. The van der Waals surface area contributed by atoms with Crippen molar-refractivity contribution in [3.63, 3.8) is 0 Å². The Bertz CT molecular complexity index is 1670. The summed E-state index contributed by atoms with van der Waals surface area (Å²) >= 11 is 14.5. The van der Waals surface area contributed by atoms with Crippen LogP contribution in [-0.2, 0) is 0 Å². The highest BCUT2D eigenvalue weighted by molar-refractivity contribution is 9.11. The second-order valence-corrected chi connectivity index (χ2v) is 14.1. The third kappa shape index (κ3) is 6.65. The standard InChI is InChI=1S/C34H23Br3N2S2/c35-26-20-29(36)32(30(37)21-26)39-34-33(40-16-17-41-34)38-31-27(23-12-6-2-7-13-23)18-25(22-10-4-1-5-11-22)19-28(31)24-14-8-3-9-15-24/h1-15,18-21H,16-17H2. The Hall–Kier alpha value is -2.42. The normalized spacial score (nSPS) is 15.4. The fourth-order valence-corrected chi connectivity index (χ4v) is 9.13. The highest BCUT2D eigenvalue weighted by atomic mass is 79.9. The molecule has 0 spiro atoms. The Balaban J connectivity index is 1.60. The summed E-state index contributed by atoms with van der Waals surface area (Å²) in [5.41, 5.74) is 8.61. The minimum Gasteiger partial charge on any atom is -0.238 e. The number of hydrogen-bond donors (Lipinski definition) is 0. The molecule has 2 nitrogen and oxygen atoms in total. The van der Waals surface area contributed by atoms with Crippen LogP contribution in [0.25, 0.3) is 33.4 Å². The van der Waals surface area contributed by atoms with E-state index in [0.29, 0.717) is 0 Å². The van der Waals surface area contributed by atoms with Crippen molar-refractivity contribution in [2.45, 2.75) is 0 Å². The summed E-state index contributed by atoms with van der Waals surface area (Å²) in [5.74, 6) is 1.97. The summed E-state index contributed by atoms with van der Waals surface area (Å²) in [6.45, 7) is 0. The molecular weight excluding hydrogens is 740 g/mol. The summed E-state index contributed by atoms with van der Waals surface area (Å²) < 4.78 is 2.83. The molecule has 1 aliphatic heterocycles. The van der Waals surface area contributed by atoms with Crippen molar-refractivity contribution in [3.8, 4) is 33.4 Å². The first-order valence-corrected chi connectivity index (χ1v) is 17.3. The molecule has 0 atom stereocenters. The molecule has 0 radical (unpaired) electrons. The molecule has 0 saturated carbocycles. The summed E-state index contributed by atoms with van der Waals surface area (Å²) in [4.78, 5) is 10.6. The smallest absolute Gasteiger partial charge is 0.129 e. The molecule has 41 heavy (non-hydrogen) atoms. The first-order chi connectivity index (χ1) is 20.1. The molecule has 1 fully saturated rings. The van der Waals surface area contributed by atoms with Crippen molar-refractivity contribution in [3.05, 3.63) is 129 Å². The maximum Gasteiger partial charge on any atom is 0.129 e. The second kappa shape index (κ2) is 13.3. The van der Waals surface area contributed by atoms with E-state index in [1.54, 1.807) is 23.5 Å². The lowest BCUT2D eigenvalue weighted by Gasteiger charge is -2.19. The van der Waals surface area contributed by atoms with Crippen LogP contribution in [0.3, 0.4) is 0 Å². The zero-order valence-corrected chi connectivity index (χ0v) is 28.1. The van der Waals surface area contributed by atoms with Crippen LogP contribution >= 0.6 is 71.3 Å². The Labute approximate surface area is 274 Å². The first-order valence-electron chi connectivity index (χ1n) is 13.0. The zero-order chi connectivity index (χ0) is 28.2. The molecule has 202 valence electrons. The van der Waals surface area contributed by atoms with Crippen LogP contribution in [-0.4, -0.2) is 21.6 Å². The van der Waals surface area contributed by atoms with Crippen molar-refractivity contribution in [2.75, 3.05) is 11.5 Å². The molecule has 0 N–H and O–H groups in total. The van der Waals surface area contributed by atoms with E-state index < -0.39 is 0 Å². The summed E-state index contributed by atoms with van der Waals surface area (Å²) in [7, 11) is 0. The molecule has 0 amide bonds. The summed E-state index contributed by atoms with van der Waals surface area (Å²) in [6, 6.07) is 40.3. The van der Waals surface area contributed by atoms with Crippen molar-refractivity contribution < 1.29 is 0 Å². The van der Waals surface area contributed by atoms with E-state index in [4.69, 9.17) is 9.98 Å². The molecule has 0 aliphatic carbocycles. The number of hydrogen-bond acceptors (Lipinski definition) is 4. The van der Waals surface area contributed by atoms with Crippen molar-refractivity contribution >= 4 is 92.8 Å². The van der Waals surface area contributed by atoms with Crippen LogP contribution in [0.1, 0.15) is 0 Å². The maximum atomic E-state index is 5.45. The van der Waals surface area contributed by atoms with Crippen LogP contribution in [0.2, 0.25) is 0 Å². The van der Waals surface area contributed by atoms with Gasteiger partial charge in [-0.3, -0.25) is 0 Å². The SMILES string of the molecule is Brc1cc(Br)c(N=C2SCCSC2=Nc2c(-c3ccccc3)cc(-c3ccccc3)cc2-c2ccccc2)c(Br)c1.